The lowest BCUT2D eigenvalue weighted by Gasteiger charge is -2.36. The maximum absolute atomic E-state index is 9.78. The van der Waals surface area contributed by atoms with Crippen LogP contribution in [-0.2, 0) is 0 Å². The van der Waals surface area contributed by atoms with E-state index in [2.05, 4.69) is 23.6 Å². The molecule has 0 bridgehead atoms. The number of nitrogens with zero attached hydrogens (tertiary/aromatic N) is 1. The Hall–Kier alpha value is 0.270. The molecule has 1 N–H and O–H groups in total. The van der Waals surface area contributed by atoms with Crippen LogP contribution in [0, 0.1) is 0 Å². The summed E-state index contributed by atoms with van der Waals surface area (Å²) in [5.74, 6) is 1.24. The Morgan fingerprint density at radius 2 is 2.23 bits per heavy atom. The summed E-state index contributed by atoms with van der Waals surface area (Å²) in [4.78, 5) is 2.50. The monoisotopic (exact) mass is 201 g/mol. The molecule has 2 aliphatic rings. The lowest BCUT2D eigenvalue weighted by atomic mass is 10.1. The molecule has 3 heteroatoms. The average Bonchev–Trinajstić information content (AvgIpc) is 2.51. The van der Waals surface area contributed by atoms with E-state index in [1.807, 2.05) is 0 Å². The fourth-order valence-electron chi connectivity index (χ4n) is 2.49. The molecule has 3 atom stereocenters. The number of hydrogen-bond donors (Lipinski definition) is 1. The molecule has 13 heavy (non-hydrogen) atoms. The third kappa shape index (κ3) is 2.20. The van der Waals surface area contributed by atoms with E-state index in [1.54, 1.807) is 0 Å². The highest BCUT2D eigenvalue weighted by molar-refractivity contribution is 7.99. The van der Waals surface area contributed by atoms with E-state index >= 15 is 0 Å². The van der Waals surface area contributed by atoms with Gasteiger partial charge in [0.25, 0.3) is 0 Å². The van der Waals surface area contributed by atoms with Crippen molar-refractivity contribution in [1.82, 2.24) is 4.90 Å². The number of aliphatic hydroxyl groups excluding tert-OH is 1. The minimum absolute atomic E-state index is 0.0460. The predicted octanol–water partition coefficient (Wildman–Crippen LogP) is 1.34. The second-order valence-electron chi connectivity index (χ2n) is 4.24. The number of thioether (sulfide) groups is 1. The van der Waals surface area contributed by atoms with E-state index in [-0.39, 0.29) is 6.10 Å². The fourth-order valence-corrected chi connectivity index (χ4v) is 3.53. The molecule has 2 rings (SSSR count). The fraction of sp³-hybridized carbons (Fsp3) is 1.00. The largest absolute Gasteiger partial charge is 0.391 e. The van der Waals surface area contributed by atoms with Gasteiger partial charge in [-0.2, -0.15) is 11.8 Å². The van der Waals surface area contributed by atoms with Crippen molar-refractivity contribution < 1.29 is 5.11 Å². The standard InChI is InChI=1S/C10H19NOS/c1-8-7-11(5-6-13-8)9-3-2-4-10(9)12/h8-10,12H,2-7H2,1H3. The summed E-state index contributed by atoms with van der Waals surface area (Å²) < 4.78 is 0. The Morgan fingerprint density at radius 3 is 2.85 bits per heavy atom. The highest BCUT2D eigenvalue weighted by Crippen LogP contribution is 2.28. The SMILES string of the molecule is CC1CN(C2CCCC2O)CCS1. The van der Waals surface area contributed by atoms with Crippen molar-refractivity contribution in [3.05, 3.63) is 0 Å². The molecule has 3 unspecified atom stereocenters. The molecular formula is C10H19NOS. The van der Waals surface area contributed by atoms with E-state index in [4.69, 9.17) is 0 Å². The molecule has 0 amide bonds. The van der Waals surface area contributed by atoms with E-state index < -0.39 is 0 Å². The van der Waals surface area contributed by atoms with Gasteiger partial charge in [-0.3, -0.25) is 4.90 Å². The Bertz CT molecular complexity index is 176. The zero-order valence-corrected chi connectivity index (χ0v) is 9.09. The van der Waals surface area contributed by atoms with Gasteiger partial charge < -0.3 is 5.11 Å². The summed E-state index contributed by atoms with van der Waals surface area (Å²) in [7, 11) is 0. The van der Waals surface area contributed by atoms with Crippen LogP contribution in [0.4, 0.5) is 0 Å². The van der Waals surface area contributed by atoms with Crippen molar-refractivity contribution in [3.63, 3.8) is 0 Å². The quantitative estimate of drug-likeness (QED) is 0.692. The van der Waals surface area contributed by atoms with Gasteiger partial charge in [-0.1, -0.05) is 6.92 Å². The average molecular weight is 201 g/mol. The first kappa shape index (κ1) is 9.81. The molecule has 0 aromatic heterocycles. The van der Waals surface area contributed by atoms with Crippen LogP contribution in [0.15, 0.2) is 0 Å². The van der Waals surface area contributed by atoms with E-state index in [9.17, 15) is 5.11 Å². The normalized spacial score (nSPS) is 42.5. The van der Waals surface area contributed by atoms with Crippen molar-refractivity contribution in [2.45, 2.75) is 43.6 Å². The summed E-state index contributed by atoms with van der Waals surface area (Å²) in [5, 5.41) is 10.5. The van der Waals surface area contributed by atoms with Crippen LogP contribution >= 0.6 is 11.8 Å². The van der Waals surface area contributed by atoms with Gasteiger partial charge in [0.2, 0.25) is 0 Å². The Morgan fingerprint density at radius 1 is 1.38 bits per heavy atom. The second kappa shape index (κ2) is 4.20. The molecular weight excluding hydrogens is 182 g/mol. The van der Waals surface area contributed by atoms with Crippen LogP contribution in [0.3, 0.4) is 0 Å². The molecule has 1 saturated carbocycles. The molecule has 1 saturated heterocycles. The molecule has 1 heterocycles. The molecule has 0 spiro atoms. The zero-order chi connectivity index (χ0) is 9.26. The molecule has 1 aliphatic heterocycles. The lowest BCUT2D eigenvalue weighted by Crippen LogP contribution is -2.46. The first-order valence-corrected chi connectivity index (χ1v) is 6.36. The summed E-state index contributed by atoms with van der Waals surface area (Å²) in [6.07, 6.45) is 3.39. The molecule has 1 aliphatic carbocycles. The minimum atomic E-state index is -0.0460. The number of rotatable bonds is 1. The van der Waals surface area contributed by atoms with Gasteiger partial charge in [0.15, 0.2) is 0 Å². The van der Waals surface area contributed by atoms with Gasteiger partial charge in [0.05, 0.1) is 6.10 Å². The molecule has 2 fully saturated rings. The molecule has 0 aromatic rings. The Balaban J connectivity index is 1.91. The summed E-state index contributed by atoms with van der Waals surface area (Å²) in [6, 6.07) is 0.475. The number of hydrogen-bond acceptors (Lipinski definition) is 3. The summed E-state index contributed by atoms with van der Waals surface area (Å²) in [5.41, 5.74) is 0. The van der Waals surface area contributed by atoms with Crippen LogP contribution in [0.5, 0.6) is 0 Å². The van der Waals surface area contributed by atoms with Crippen LogP contribution in [0.25, 0.3) is 0 Å². The molecule has 0 aromatic carbocycles. The first-order valence-electron chi connectivity index (χ1n) is 5.31. The van der Waals surface area contributed by atoms with Crippen LogP contribution in [0.2, 0.25) is 0 Å². The smallest absolute Gasteiger partial charge is 0.0695 e. The van der Waals surface area contributed by atoms with Crippen LogP contribution < -0.4 is 0 Å². The van der Waals surface area contributed by atoms with Gasteiger partial charge >= 0.3 is 0 Å². The van der Waals surface area contributed by atoms with Gasteiger partial charge in [0, 0.05) is 30.1 Å². The first-order chi connectivity index (χ1) is 6.27. The zero-order valence-electron chi connectivity index (χ0n) is 8.28. The highest BCUT2D eigenvalue weighted by atomic mass is 32.2. The molecule has 76 valence electrons. The van der Waals surface area contributed by atoms with Crippen molar-refractivity contribution >= 4 is 11.8 Å². The van der Waals surface area contributed by atoms with Gasteiger partial charge in [0.1, 0.15) is 0 Å². The van der Waals surface area contributed by atoms with Crippen molar-refractivity contribution in [2.24, 2.45) is 0 Å². The topological polar surface area (TPSA) is 23.5 Å². The second-order valence-corrected chi connectivity index (χ2v) is 5.79. The Labute approximate surface area is 84.7 Å². The van der Waals surface area contributed by atoms with Crippen LogP contribution in [-0.4, -0.2) is 46.2 Å². The van der Waals surface area contributed by atoms with E-state index in [1.165, 1.54) is 31.7 Å². The molecule has 2 nitrogen and oxygen atoms in total. The van der Waals surface area contributed by atoms with Crippen LogP contribution in [0.1, 0.15) is 26.2 Å². The summed E-state index contributed by atoms with van der Waals surface area (Å²) in [6.45, 7) is 4.64. The third-order valence-corrected chi connectivity index (χ3v) is 4.32. The number of aliphatic hydroxyl groups is 1. The van der Waals surface area contributed by atoms with Crippen molar-refractivity contribution in [3.8, 4) is 0 Å². The maximum Gasteiger partial charge on any atom is 0.0695 e. The third-order valence-electron chi connectivity index (χ3n) is 3.19. The van der Waals surface area contributed by atoms with E-state index in [0.29, 0.717) is 6.04 Å². The summed E-state index contributed by atoms with van der Waals surface area (Å²) >= 11 is 2.06. The van der Waals surface area contributed by atoms with Gasteiger partial charge in [-0.05, 0) is 19.3 Å². The van der Waals surface area contributed by atoms with Gasteiger partial charge in [-0.25, -0.2) is 0 Å². The minimum Gasteiger partial charge on any atom is -0.391 e. The van der Waals surface area contributed by atoms with Crippen molar-refractivity contribution in [1.29, 1.82) is 0 Å². The predicted molar refractivity (Wildman–Crippen MR) is 57.1 cm³/mol. The highest BCUT2D eigenvalue weighted by Gasteiger charge is 2.32. The van der Waals surface area contributed by atoms with E-state index in [0.717, 1.165) is 11.7 Å². The van der Waals surface area contributed by atoms with Gasteiger partial charge in [-0.15, -0.1) is 0 Å². The molecule has 0 radical (unpaired) electrons. The Kier molecular flexibility index (Phi) is 3.17. The maximum atomic E-state index is 9.78. The lowest BCUT2D eigenvalue weighted by molar-refractivity contribution is 0.0734. The van der Waals surface area contributed by atoms with Crippen molar-refractivity contribution in [2.75, 3.05) is 18.8 Å².